The van der Waals surface area contributed by atoms with Crippen molar-refractivity contribution in [3.8, 4) is 11.5 Å². The van der Waals surface area contributed by atoms with E-state index < -0.39 is 12.6 Å². The standard InChI is InChI=1S/C21H23NO5/c1-2-26-19-12-16(8-9-18(19)27-14-20(23)24)21(25)22-11-10-17(13-22)15-6-4-3-5-7-15/h3-9,12,17H,2,10-11,13-14H2,1H3,(H,23,24)/t17-/m1/s1. The highest BCUT2D eigenvalue weighted by atomic mass is 16.5. The number of benzene rings is 2. The number of carboxylic acid groups (broad SMARTS) is 1. The minimum Gasteiger partial charge on any atom is -0.490 e. The lowest BCUT2D eigenvalue weighted by molar-refractivity contribution is -0.139. The molecule has 0 aromatic heterocycles. The first kappa shape index (κ1) is 18.8. The number of likely N-dealkylation sites (tertiary alicyclic amines) is 1. The second-order valence-corrected chi connectivity index (χ2v) is 6.42. The number of hydrogen-bond acceptors (Lipinski definition) is 4. The Hall–Kier alpha value is -3.02. The van der Waals surface area contributed by atoms with Crippen LogP contribution >= 0.6 is 0 Å². The third-order valence-corrected chi connectivity index (χ3v) is 4.59. The molecule has 6 nitrogen and oxygen atoms in total. The Balaban J connectivity index is 1.72. The Morgan fingerprint density at radius 3 is 2.59 bits per heavy atom. The van der Waals surface area contributed by atoms with Crippen molar-refractivity contribution in [3.05, 3.63) is 59.7 Å². The fourth-order valence-electron chi connectivity index (χ4n) is 3.29. The third-order valence-electron chi connectivity index (χ3n) is 4.59. The first-order chi connectivity index (χ1) is 13.1. The SMILES string of the molecule is CCOc1cc(C(=O)N2CC[C@@H](c3ccccc3)C2)ccc1OCC(=O)O. The van der Waals surface area contributed by atoms with Crippen molar-refractivity contribution in [3.63, 3.8) is 0 Å². The first-order valence-corrected chi connectivity index (χ1v) is 9.04. The minimum atomic E-state index is -1.07. The van der Waals surface area contributed by atoms with Gasteiger partial charge in [-0.3, -0.25) is 4.79 Å². The fraction of sp³-hybridized carbons (Fsp3) is 0.333. The summed E-state index contributed by atoms with van der Waals surface area (Å²) in [6.07, 6.45) is 0.938. The van der Waals surface area contributed by atoms with Crippen LogP contribution in [0.5, 0.6) is 11.5 Å². The molecule has 6 heteroatoms. The molecule has 1 atom stereocenters. The lowest BCUT2D eigenvalue weighted by Crippen LogP contribution is -2.28. The maximum absolute atomic E-state index is 12.9. The molecule has 1 amide bonds. The highest BCUT2D eigenvalue weighted by molar-refractivity contribution is 5.95. The van der Waals surface area contributed by atoms with Crippen molar-refractivity contribution in [1.82, 2.24) is 4.90 Å². The van der Waals surface area contributed by atoms with Crippen LogP contribution in [0.3, 0.4) is 0 Å². The lowest BCUT2D eigenvalue weighted by atomic mass is 9.99. The third kappa shape index (κ3) is 4.58. The van der Waals surface area contributed by atoms with Crippen LogP contribution in [-0.2, 0) is 4.79 Å². The lowest BCUT2D eigenvalue weighted by Gasteiger charge is -2.18. The summed E-state index contributed by atoms with van der Waals surface area (Å²) in [5.41, 5.74) is 1.76. The molecule has 0 saturated carbocycles. The van der Waals surface area contributed by atoms with Crippen molar-refractivity contribution >= 4 is 11.9 Å². The number of rotatable bonds is 7. The van der Waals surface area contributed by atoms with Crippen LogP contribution in [0.15, 0.2) is 48.5 Å². The van der Waals surface area contributed by atoms with Crippen LogP contribution in [0.2, 0.25) is 0 Å². The number of carbonyl (C=O) groups is 2. The molecular weight excluding hydrogens is 346 g/mol. The predicted molar refractivity (Wildman–Crippen MR) is 100 cm³/mol. The van der Waals surface area contributed by atoms with E-state index in [-0.39, 0.29) is 5.91 Å². The molecular formula is C21H23NO5. The molecule has 1 saturated heterocycles. The molecule has 1 aliphatic rings. The Kier molecular flexibility index (Phi) is 5.96. The first-order valence-electron chi connectivity index (χ1n) is 9.04. The maximum Gasteiger partial charge on any atom is 0.341 e. The van der Waals surface area contributed by atoms with Crippen LogP contribution in [0.4, 0.5) is 0 Å². The molecule has 142 valence electrons. The van der Waals surface area contributed by atoms with E-state index in [0.29, 0.717) is 42.7 Å². The van der Waals surface area contributed by atoms with Gasteiger partial charge in [-0.2, -0.15) is 0 Å². The number of amides is 1. The quantitative estimate of drug-likeness (QED) is 0.811. The number of carbonyl (C=O) groups excluding carboxylic acids is 1. The van der Waals surface area contributed by atoms with E-state index in [1.54, 1.807) is 18.2 Å². The van der Waals surface area contributed by atoms with Crippen LogP contribution in [0.25, 0.3) is 0 Å². The number of hydrogen-bond donors (Lipinski definition) is 1. The van der Waals surface area contributed by atoms with E-state index in [1.807, 2.05) is 30.0 Å². The molecule has 1 heterocycles. The topological polar surface area (TPSA) is 76.1 Å². The molecule has 0 bridgehead atoms. The van der Waals surface area contributed by atoms with E-state index in [2.05, 4.69) is 12.1 Å². The molecule has 3 rings (SSSR count). The summed E-state index contributed by atoms with van der Waals surface area (Å²) in [7, 11) is 0. The summed E-state index contributed by atoms with van der Waals surface area (Å²) in [5.74, 6) is -0.0803. The maximum atomic E-state index is 12.9. The van der Waals surface area contributed by atoms with Gasteiger partial charge < -0.3 is 19.5 Å². The normalized spacial score (nSPS) is 16.2. The summed E-state index contributed by atoms with van der Waals surface area (Å²) in [4.78, 5) is 25.5. The van der Waals surface area contributed by atoms with Gasteiger partial charge >= 0.3 is 5.97 Å². The van der Waals surface area contributed by atoms with Gasteiger partial charge in [-0.25, -0.2) is 4.79 Å². The van der Waals surface area contributed by atoms with Gasteiger partial charge in [0.05, 0.1) is 6.61 Å². The molecule has 1 aliphatic heterocycles. The van der Waals surface area contributed by atoms with Crippen molar-refractivity contribution < 1.29 is 24.2 Å². The van der Waals surface area contributed by atoms with E-state index in [9.17, 15) is 9.59 Å². The Morgan fingerprint density at radius 1 is 1.11 bits per heavy atom. The van der Waals surface area contributed by atoms with Crippen LogP contribution in [0.1, 0.15) is 35.2 Å². The van der Waals surface area contributed by atoms with E-state index in [4.69, 9.17) is 14.6 Å². The van der Waals surface area contributed by atoms with Crippen molar-refractivity contribution in [2.24, 2.45) is 0 Å². The van der Waals surface area contributed by atoms with Gasteiger partial charge in [-0.15, -0.1) is 0 Å². The molecule has 1 fully saturated rings. The molecule has 0 aliphatic carbocycles. The zero-order valence-corrected chi connectivity index (χ0v) is 15.3. The molecule has 0 radical (unpaired) electrons. The smallest absolute Gasteiger partial charge is 0.341 e. The van der Waals surface area contributed by atoms with E-state index >= 15 is 0 Å². The highest BCUT2D eigenvalue weighted by Crippen LogP contribution is 2.31. The number of carboxylic acids is 1. The van der Waals surface area contributed by atoms with Crippen molar-refractivity contribution in [1.29, 1.82) is 0 Å². The molecule has 0 spiro atoms. The molecule has 2 aromatic carbocycles. The zero-order chi connectivity index (χ0) is 19.2. The summed E-state index contributed by atoms with van der Waals surface area (Å²) in [6, 6.07) is 15.1. The Bertz CT molecular complexity index is 805. The van der Waals surface area contributed by atoms with E-state index in [0.717, 1.165) is 6.42 Å². The van der Waals surface area contributed by atoms with Crippen LogP contribution < -0.4 is 9.47 Å². The largest absolute Gasteiger partial charge is 0.490 e. The zero-order valence-electron chi connectivity index (χ0n) is 15.3. The Labute approximate surface area is 158 Å². The molecule has 27 heavy (non-hydrogen) atoms. The average molecular weight is 369 g/mol. The monoisotopic (exact) mass is 369 g/mol. The van der Waals surface area contributed by atoms with Gasteiger partial charge in [0.15, 0.2) is 18.1 Å². The number of ether oxygens (including phenoxy) is 2. The van der Waals surface area contributed by atoms with Gasteiger partial charge in [0.25, 0.3) is 5.91 Å². The summed E-state index contributed by atoms with van der Waals surface area (Å²) >= 11 is 0. The average Bonchev–Trinajstić information content (AvgIpc) is 3.17. The number of aliphatic carboxylic acids is 1. The molecule has 2 aromatic rings. The highest BCUT2D eigenvalue weighted by Gasteiger charge is 2.28. The number of nitrogens with zero attached hydrogens (tertiary/aromatic N) is 1. The predicted octanol–water partition coefficient (Wildman–Crippen LogP) is 3.18. The van der Waals surface area contributed by atoms with Gasteiger partial charge in [-0.1, -0.05) is 30.3 Å². The molecule has 1 N–H and O–H groups in total. The summed E-state index contributed by atoms with van der Waals surface area (Å²) in [5, 5.41) is 8.77. The fourth-order valence-corrected chi connectivity index (χ4v) is 3.29. The molecule has 0 unspecified atom stereocenters. The summed E-state index contributed by atoms with van der Waals surface area (Å²) in [6.45, 7) is 3.14. The second-order valence-electron chi connectivity index (χ2n) is 6.42. The van der Waals surface area contributed by atoms with Crippen molar-refractivity contribution in [2.75, 3.05) is 26.3 Å². The van der Waals surface area contributed by atoms with Gasteiger partial charge in [0.2, 0.25) is 0 Å². The van der Waals surface area contributed by atoms with Crippen LogP contribution in [-0.4, -0.2) is 48.2 Å². The van der Waals surface area contributed by atoms with Gasteiger partial charge in [-0.05, 0) is 37.1 Å². The Morgan fingerprint density at radius 2 is 1.89 bits per heavy atom. The minimum absolute atomic E-state index is 0.0563. The van der Waals surface area contributed by atoms with E-state index in [1.165, 1.54) is 5.56 Å². The van der Waals surface area contributed by atoms with Crippen LogP contribution in [0, 0.1) is 0 Å². The summed E-state index contributed by atoms with van der Waals surface area (Å²) < 4.78 is 10.8. The van der Waals surface area contributed by atoms with Crippen molar-refractivity contribution in [2.45, 2.75) is 19.3 Å². The van der Waals surface area contributed by atoms with Gasteiger partial charge in [0, 0.05) is 24.6 Å². The second kappa shape index (κ2) is 8.58. The van der Waals surface area contributed by atoms with Gasteiger partial charge in [0.1, 0.15) is 0 Å².